The van der Waals surface area contributed by atoms with Crippen molar-refractivity contribution in [2.45, 2.75) is 0 Å². The second-order valence-corrected chi connectivity index (χ2v) is 6.72. The van der Waals surface area contributed by atoms with Crippen LogP contribution >= 0.6 is 0 Å². The lowest BCUT2D eigenvalue weighted by atomic mass is 10.2. The Morgan fingerprint density at radius 2 is 1.69 bits per heavy atom. The molecule has 1 N–H and O–H groups in total. The van der Waals surface area contributed by atoms with Gasteiger partial charge >= 0.3 is 0 Å². The highest BCUT2D eigenvalue weighted by atomic mass is 16.5. The number of hydrogen-bond donors (Lipinski definition) is 1. The number of tetrazole rings is 1. The van der Waals surface area contributed by atoms with Crippen molar-refractivity contribution in [3.63, 3.8) is 0 Å². The van der Waals surface area contributed by atoms with E-state index in [-0.39, 0.29) is 12.5 Å². The number of benzene rings is 2. The standard InChI is InChI=1S/C20H23N7O2/c1-29-19-8-6-17(7-9-19)25-10-12-26(13-11-25)20(28)14-21-16-2-4-18(5-3-16)27-15-22-23-24-27/h2-9,15,21H,10-14H2,1H3. The zero-order chi connectivity index (χ0) is 20.1. The minimum absolute atomic E-state index is 0.101. The number of piperazine rings is 1. The van der Waals surface area contributed by atoms with Crippen LogP contribution in [0.3, 0.4) is 0 Å². The Balaban J connectivity index is 1.25. The third-order valence-electron chi connectivity index (χ3n) is 4.99. The second kappa shape index (κ2) is 8.59. The number of amides is 1. The number of carbonyl (C=O) groups excluding carboxylic acids is 1. The Kier molecular flexibility index (Phi) is 5.55. The highest BCUT2D eigenvalue weighted by molar-refractivity contribution is 5.81. The van der Waals surface area contributed by atoms with Crippen molar-refractivity contribution in [2.24, 2.45) is 0 Å². The zero-order valence-electron chi connectivity index (χ0n) is 16.2. The lowest BCUT2D eigenvalue weighted by Gasteiger charge is -2.36. The van der Waals surface area contributed by atoms with Crippen LogP contribution in [-0.2, 0) is 4.79 Å². The van der Waals surface area contributed by atoms with Gasteiger partial charge in [-0.2, -0.15) is 0 Å². The fourth-order valence-electron chi connectivity index (χ4n) is 3.31. The Labute approximate surface area is 168 Å². The second-order valence-electron chi connectivity index (χ2n) is 6.72. The summed E-state index contributed by atoms with van der Waals surface area (Å²) in [4.78, 5) is 16.7. The van der Waals surface area contributed by atoms with E-state index in [1.54, 1.807) is 11.8 Å². The molecule has 9 nitrogen and oxygen atoms in total. The molecule has 150 valence electrons. The molecule has 1 aromatic heterocycles. The molecule has 0 aliphatic carbocycles. The molecule has 0 spiro atoms. The molecule has 0 bridgehead atoms. The van der Waals surface area contributed by atoms with Crippen LogP contribution in [0.25, 0.3) is 5.69 Å². The first-order valence-corrected chi connectivity index (χ1v) is 9.47. The van der Waals surface area contributed by atoms with Gasteiger partial charge in [0.05, 0.1) is 19.3 Å². The molecule has 1 fully saturated rings. The quantitative estimate of drug-likeness (QED) is 0.678. The molecular weight excluding hydrogens is 370 g/mol. The Bertz CT molecular complexity index is 918. The van der Waals surface area contributed by atoms with E-state index in [9.17, 15) is 4.79 Å². The summed E-state index contributed by atoms with van der Waals surface area (Å²) in [7, 11) is 1.66. The number of methoxy groups -OCH3 is 1. The number of carbonyl (C=O) groups is 1. The first-order chi connectivity index (χ1) is 14.2. The highest BCUT2D eigenvalue weighted by Crippen LogP contribution is 2.20. The van der Waals surface area contributed by atoms with Crippen molar-refractivity contribution in [2.75, 3.05) is 50.1 Å². The third-order valence-corrected chi connectivity index (χ3v) is 4.99. The van der Waals surface area contributed by atoms with Crippen LogP contribution in [0.1, 0.15) is 0 Å². The van der Waals surface area contributed by atoms with Crippen molar-refractivity contribution >= 4 is 17.3 Å². The lowest BCUT2D eigenvalue weighted by Crippen LogP contribution is -2.50. The predicted molar refractivity (Wildman–Crippen MR) is 109 cm³/mol. The largest absolute Gasteiger partial charge is 0.497 e. The lowest BCUT2D eigenvalue weighted by molar-refractivity contribution is -0.129. The first-order valence-electron chi connectivity index (χ1n) is 9.47. The number of anilines is 2. The molecule has 0 radical (unpaired) electrons. The maximum absolute atomic E-state index is 12.5. The van der Waals surface area contributed by atoms with Gasteiger partial charge in [-0.1, -0.05) is 0 Å². The number of rotatable bonds is 6. The van der Waals surface area contributed by atoms with Gasteiger partial charge in [0.25, 0.3) is 0 Å². The number of ether oxygens (including phenoxy) is 1. The average Bonchev–Trinajstić information content (AvgIpc) is 3.33. The van der Waals surface area contributed by atoms with Crippen molar-refractivity contribution in [3.8, 4) is 11.4 Å². The fourth-order valence-corrected chi connectivity index (χ4v) is 3.31. The predicted octanol–water partition coefficient (Wildman–Crippen LogP) is 1.43. The molecule has 4 rings (SSSR count). The SMILES string of the molecule is COc1ccc(N2CCN(C(=O)CNc3ccc(-n4cnnn4)cc3)CC2)cc1. The summed E-state index contributed by atoms with van der Waals surface area (Å²) in [6, 6.07) is 15.6. The van der Waals surface area contributed by atoms with Gasteiger partial charge in [0.15, 0.2) is 0 Å². The molecule has 1 aliphatic rings. The molecule has 0 unspecified atom stereocenters. The number of nitrogens with zero attached hydrogens (tertiary/aromatic N) is 6. The molecule has 29 heavy (non-hydrogen) atoms. The molecule has 9 heteroatoms. The fraction of sp³-hybridized carbons (Fsp3) is 0.300. The Hall–Kier alpha value is -3.62. The third kappa shape index (κ3) is 4.45. The van der Waals surface area contributed by atoms with Gasteiger partial charge < -0.3 is 19.9 Å². The summed E-state index contributed by atoms with van der Waals surface area (Å²) in [5, 5.41) is 14.3. The van der Waals surface area contributed by atoms with E-state index >= 15 is 0 Å². The Morgan fingerprint density at radius 3 is 2.31 bits per heavy atom. The maximum Gasteiger partial charge on any atom is 0.241 e. The van der Waals surface area contributed by atoms with Crippen LogP contribution in [0.4, 0.5) is 11.4 Å². The molecule has 1 aliphatic heterocycles. The van der Waals surface area contributed by atoms with E-state index in [0.717, 1.165) is 35.9 Å². The van der Waals surface area contributed by atoms with Crippen LogP contribution in [0.5, 0.6) is 5.75 Å². The van der Waals surface area contributed by atoms with E-state index in [2.05, 4.69) is 37.9 Å². The van der Waals surface area contributed by atoms with Crippen LogP contribution in [0.2, 0.25) is 0 Å². The molecule has 3 aromatic rings. The van der Waals surface area contributed by atoms with Crippen molar-refractivity contribution in [1.29, 1.82) is 0 Å². The normalized spacial score (nSPS) is 14.0. The summed E-state index contributed by atoms with van der Waals surface area (Å²) in [5.74, 6) is 0.948. The monoisotopic (exact) mass is 393 g/mol. The van der Waals surface area contributed by atoms with Crippen LogP contribution < -0.4 is 15.0 Å². The van der Waals surface area contributed by atoms with Gasteiger partial charge in [-0.25, -0.2) is 4.68 Å². The van der Waals surface area contributed by atoms with E-state index in [4.69, 9.17) is 4.74 Å². The molecular formula is C20H23N7O2. The van der Waals surface area contributed by atoms with Gasteiger partial charge in [-0.15, -0.1) is 5.10 Å². The van der Waals surface area contributed by atoms with Gasteiger partial charge in [0, 0.05) is 37.6 Å². The van der Waals surface area contributed by atoms with E-state index < -0.39 is 0 Å². The van der Waals surface area contributed by atoms with Gasteiger partial charge in [-0.05, 0) is 59.0 Å². The average molecular weight is 393 g/mol. The zero-order valence-corrected chi connectivity index (χ0v) is 16.2. The van der Waals surface area contributed by atoms with Gasteiger partial charge in [0.1, 0.15) is 12.1 Å². The van der Waals surface area contributed by atoms with Crippen molar-refractivity contribution < 1.29 is 9.53 Å². The molecule has 0 atom stereocenters. The van der Waals surface area contributed by atoms with Gasteiger partial charge in [-0.3, -0.25) is 4.79 Å². The topological polar surface area (TPSA) is 88.4 Å². The van der Waals surface area contributed by atoms with Crippen LogP contribution in [0, 0.1) is 0 Å². The van der Waals surface area contributed by atoms with Crippen molar-refractivity contribution in [3.05, 3.63) is 54.9 Å². The molecule has 0 saturated carbocycles. The summed E-state index contributed by atoms with van der Waals surface area (Å²) >= 11 is 0. The van der Waals surface area contributed by atoms with E-state index in [0.29, 0.717) is 13.1 Å². The van der Waals surface area contributed by atoms with E-state index in [1.165, 1.54) is 6.33 Å². The molecule has 1 amide bonds. The van der Waals surface area contributed by atoms with E-state index in [1.807, 2.05) is 41.3 Å². The van der Waals surface area contributed by atoms with Crippen molar-refractivity contribution in [1.82, 2.24) is 25.1 Å². The number of nitrogens with one attached hydrogen (secondary N) is 1. The minimum Gasteiger partial charge on any atom is -0.497 e. The van der Waals surface area contributed by atoms with Crippen LogP contribution in [0.15, 0.2) is 54.9 Å². The van der Waals surface area contributed by atoms with Gasteiger partial charge in [0.2, 0.25) is 5.91 Å². The molecule has 1 saturated heterocycles. The number of aromatic nitrogens is 4. The molecule has 2 heterocycles. The summed E-state index contributed by atoms with van der Waals surface area (Å²) in [6.07, 6.45) is 1.54. The highest BCUT2D eigenvalue weighted by Gasteiger charge is 2.21. The minimum atomic E-state index is 0.101. The smallest absolute Gasteiger partial charge is 0.241 e. The summed E-state index contributed by atoms with van der Waals surface area (Å²) in [5.41, 5.74) is 2.90. The summed E-state index contributed by atoms with van der Waals surface area (Å²) in [6.45, 7) is 3.33. The maximum atomic E-state index is 12.5. The van der Waals surface area contributed by atoms with Crippen LogP contribution in [-0.4, -0.2) is 70.8 Å². The molecule has 2 aromatic carbocycles. The number of hydrogen-bond acceptors (Lipinski definition) is 7. The first kappa shape index (κ1) is 18.7. The Morgan fingerprint density at radius 1 is 1.00 bits per heavy atom. The summed E-state index contributed by atoms with van der Waals surface area (Å²) < 4.78 is 6.79.